The van der Waals surface area contributed by atoms with Crippen molar-refractivity contribution in [3.8, 4) is 0 Å². The molecular formula is C11H13F3N2O2. The fourth-order valence-electron chi connectivity index (χ4n) is 1.38. The number of rotatable bonds is 5. The Kier molecular flexibility index (Phi) is 4.52. The molecular weight excluding hydrogens is 249 g/mol. The maximum Gasteiger partial charge on any atom is 0.405 e. The Hall–Kier alpha value is -1.79. The Bertz CT molecular complexity index is 433. The van der Waals surface area contributed by atoms with Gasteiger partial charge in [0.2, 0.25) is 0 Å². The number of anilines is 1. The van der Waals surface area contributed by atoms with Crippen molar-refractivity contribution in [1.29, 1.82) is 0 Å². The number of carboxylic acids is 1. The summed E-state index contributed by atoms with van der Waals surface area (Å²) in [6.07, 6.45) is -3.12. The summed E-state index contributed by atoms with van der Waals surface area (Å²) >= 11 is 0. The quantitative estimate of drug-likeness (QED) is 0.856. The van der Waals surface area contributed by atoms with E-state index in [4.69, 9.17) is 5.11 Å². The van der Waals surface area contributed by atoms with E-state index in [0.717, 1.165) is 12.5 Å². The summed E-state index contributed by atoms with van der Waals surface area (Å²) in [6.45, 7) is 0.632. The van der Waals surface area contributed by atoms with Crippen LogP contribution >= 0.6 is 0 Å². The topological polar surface area (TPSA) is 62.2 Å². The van der Waals surface area contributed by atoms with Crippen LogP contribution in [0.15, 0.2) is 12.1 Å². The van der Waals surface area contributed by atoms with Crippen molar-refractivity contribution in [2.75, 3.05) is 11.9 Å². The van der Waals surface area contributed by atoms with Crippen LogP contribution in [0.5, 0.6) is 0 Å². The van der Waals surface area contributed by atoms with Crippen LogP contribution < -0.4 is 5.32 Å². The van der Waals surface area contributed by atoms with Crippen LogP contribution in [-0.2, 0) is 6.42 Å². The molecule has 0 aliphatic rings. The molecule has 0 saturated carbocycles. The van der Waals surface area contributed by atoms with Crippen LogP contribution in [0.2, 0.25) is 0 Å². The molecule has 100 valence electrons. The van der Waals surface area contributed by atoms with Crippen LogP contribution in [0.25, 0.3) is 0 Å². The Morgan fingerprint density at radius 1 is 1.44 bits per heavy atom. The fourth-order valence-corrected chi connectivity index (χ4v) is 1.38. The Morgan fingerprint density at radius 2 is 2.11 bits per heavy atom. The van der Waals surface area contributed by atoms with Gasteiger partial charge in [-0.15, -0.1) is 0 Å². The summed E-state index contributed by atoms with van der Waals surface area (Å²) in [6, 6.07) is 2.46. The zero-order valence-electron chi connectivity index (χ0n) is 9.71. The van der Waals surface area contributed by atoms with Crippen LogP contribution in [0.3, 0.4) is 0 Å². The molecule has 1 aromatic heterocycles. The van der Waals surface area contributed by atoms with Gasteiger partial charge in [0.1, 0.15) is 12.4 Å². The van der Waals surface area contributed by atoms with Gasteiger partial charge in [-0.1, -0.05) is 13.3 Å². The number of aromatic carboxylic acids is 1. The van der Waals surface area contributed by atoms with Crippen molar-refractivity contribution in [2.24, 2.45) is 0 Å². The molecule has 2 N–H and O–H groups in total. The standard InChI is InChI=1S/C11H13F3N2O2/c1-2-3-8-4-7(10(17)18)5-9(16-8)15-6-11(12,13)14/h4-5H,2-3,6H2,1H3,(H,15,16)(H,17,18). The molecule has 0 fully saturated rings. The molecule has 0 unspecified atom stereocenters. The molecule has 7 heteroatoms. The lowest BCUT2D eigenvalue weighted by Crippen LogP contribution is -2.22. The van der Waals surface area contributed by atoms with Crippen molar-refractivity contribution in [3.05, 3.63) is 23.4 Å². The highest BCUT2D eigenvalue weighted by molar-refractivity contribution is 5.88. The highest BCUT2D eigenvalue weighted by Gasteiger charge is 2.27. The van der Waals surface area contributed by atoms with Crippen LogP contribution in [0.1, 0.15) is 29.4 Å². The third-order valence-electron chi connectivity index (χ3n) is 2.10. The third-order valence-corrected chi connectivity index (χ3v) is 2.10. The van der Waals surface area contributed by atoms with Gasteiger partial charge in [0.25, 0.3) is 0 Å². The lowest BCUT2D eigenvalue weighted by Gasteiger charge is -2.10. The summed E-state index contributed by atoms with van der Waals surface area (Å²) < 4.78 is 36.1. The van der Waals surface area contributed by atoms with Gasteiger partial charge in [-0.25, -0.2) is 9.78 Å². The number of aromatic nitrogens is 1. The van der Waals surface area contributed by atoms with Gasteiger partial charge in [-0.3, -0.25) is 0 Å². The smallest absolute Gasteiger partial charge is 0.405 e. The van der Waals surface area contributed by atoms with Crippen molar-refractivity contribution in [3.63, 3.8) is 0 Å². The zero-order chi connectivity index (χ0) is 13.8. The van der Waals surface area contributed by atoms with Crippen LogP contribution in [0.4, 0.5) is 19.0 Å². The van der Waals surface area contributed by atoms with E-state index in [9.17, 15) is 18.0 Å². The van der Waals surface area contributed by atoms with E-state index in [1.54, 1.807) is 0 Å². The maximum atomic E-state index is 12.0. The van der Waals surface area contributed by atoms with E-state index < -0.39 is 18.7 Å². The van der Waals surface area contributed by atoms with Gasteiger partial charge in [-0.2, -0.15) is 13.2 Å². The SMILES string of the molecule is CCCc1cc(C(=O)O)cc(NCC(F)(F)F)n1. The van der Waals surface area contributed by atoms with E-state index in [2.05, 4.69) is 10.3 Å². The molecule has 0 aromatic carbocycles. The van der Waals surface area contributed by atoms with Gasteiger partial charge in [-0.05, 0) is 18.6 Å². The molecule has 0 spiro atoms. The molecule has 0 aliphatic heterocycles. The van der Waals surface area contributed by atoms with Gasteiger partial charge < -0.3 is 10.4 Å². The second-order valence-corrected chi connectivity index (χ2v) is 3.76. The number of halogens is 3. The average molecular weight is 262 g/mol. The van der Waals surface area contributed by atoms with Crippen molar-refractivity contribution in [2.45, 2.75) is 25.9 Å². The zero-order valence-corrected chi connectivity index (χ0v) is 9.71. The minimum atomic E-state index is -4.37. The second-order valence-electron chi connectivity index (χ2n) is 3.76. The number of pyridine rings is 1. The summed E-state index contributed by atoms with van der Waals surface area (Å²) in [5.41, 5.74) is 0.389. The average Bonchev–Trinajstić information content (AvgIpc) is 2.25. The van der Waals surface area contributed by atoms with Crippen LogP contribution in [-0.4, -0.2) is 28.8 Å². The van der Waals surface area contributed by atoms with Gasteiger partial charge in [0, 0.05) is 5.69 Å². The lowest BCUT2D eigenvalue weighted by atomic mass is 10.1. The lowest BCUT2D eigenvalue weighted by molar-refractivity contribution is -0.115. The monoisotopic (exact) mass is 262 g/mol. The predicted octanol–water partition coefficient (Wildman–Crippen LogP) is 2.71. The number of hydrogen-bond acceptors (Lipinski definition) is 3. The number of alkyl halides is 3. The predicted molar refractivity (Wildman–Crippen MR) is 59.7 cm³/mol. The summed E-state index contributed by atoms with van der Waals surface area (Å²) in [4.78, 5) is 14.8. The first-order valence-corrected chi connectivity index (χ1v) is 5.36. The Morgan fingerprint density at radius 3 is 2.61 bits per heavy atom. The molecule has 0 amide bonds. The summed E-state index contributed by atoms with van der Waals surface area (Å²) in [5.74, 6) is -1.26. The minimum absolute atomic E-state index is 0.0712. The van der Waals surface area contributed by atoms with Crippen LogP contribution in [0, 0.1) is 0 Å². The van der Waals surface area contributed by atoms with Crippen molar-refractivity contribution in [1.82, 2.24) is 4.98 Å². The van der Waals surface area contributed by atoms with E-state index in [0.29, 0.717) is 12.1 Å². The van der Waals surface area contributed by atoms with Crippen molar-refractivity contribution < 1.29 is 23.1 Å². The normalized spacial score (nSPS) is 11.3. The molecule has 0 radical (unpaired) electrons. The Balaban J connectivity index is 2.92. The maximum absolute atomic E-state index is 12.0. The van der Waals surface area contributed by atoms with E-state index in [1.807, 2.05) is 6.92 Å². The molecule has 0 atom stereocenters. The van der Waals surface area contributed by atoms with E-state index >= 15 is 0 Å². The minimum Gasteiger partial charge on any atom is -0.478 e. The molecule has 0 bridgehead atoms. The number of carbonyl (C=O) groups is 1. The van der Waals surface area contributed by atoms with Crippen molar-refractivity contribution >= 4 is 11.8 Å². The molecule has 1 heterocycles. The van der Waals surface area contributed by atoms with Gasteiger partial charge in [0.05, 0.1) is 5.56 Å². The first kappa shape index (κ1) is 14.3. The molecule has 18 heavy (non-hydrogen) atoms. The molecule has 1 aromatic rings. The highest BCUT2D eigenvalue weighted by Crippen LogP contribution is 2.17. The van der Waals surface area contributed by atoms with Gasteiger partial charge in [0.15, 0.2) is 0 Å². The van der Waals surface area contributed by atoms with Gasteiger partial charge >= 0.3 is 12.1 Å². The molecule has 4 nitrogen and oxygen atoms in total. The largest absolute Gasteiger partial charge is 0.478 e. The summed E-state index contributed by atoms with van der Waals surface area (Å²) in [7, 11) is 0. The number of nitrogens with zero attached hydrogens (tertiary/aromatic N) is 1. The second kappa shape index (κ2) is 5.70. The number of nitrogens with one attached hydrogen (secondary N) is 1. The van der Waals surface area contributed by atoms with E-state index in [-0.39, 0.29) is 11.4 Å². The first-order valence-electron chi connectivity index (χ1n) is 5.36. The number of aryl methyl sites for hydroxylation is 1. The molecule has 0 saturated heterocycles. The number of hydrogen-bond donors (Lipinski definition) is 2. The fraction of sp³-hybridized carbons (Fsp3) is 0.455. The highest BCUT2D eigenvalue weighted by atomic mass is 19.4. The summed E-state index contributed by atoms with van der Waals surface area (Å²) in [5, 5.41) is 10.9. The Labute approximate surface area is 102 Å². The molecule has 0 aliphatic carbocycles. The third kappa shape index (κ3) is 4.60. The van der Waals surface area contributed by atoms with E-state index in [1.165, 1.54) is 6.07 Å². The first-order chi connectivity index (χ1) is 8.31. The molecule has 1 rings (SSSR count). The number of carboxylic acid groups (broad SMARTS) is 1.